The molecule has 1 aromatic carbocycles. The Morgan fingerprint density at radius 3 is 1.93 bits per heavy atom. The highest BCUT2D eigenvalue weighted by Crippen LogP contribution is 2.48. The first-order chi connectivity index (χ1) is 13.4. The van der Waals surface area contributed by atoms with Crippen LogP contribution in [-0.4, -0.2) is 52.7 Å². The van der Waals surface area contributed by atoms with Gasteiger partial charge in [-0.15, -0.1) is 0 Å². The zero-order valence-electron chi connectivity index (χ0n) is 15.7. The fourth-order valence-corrected chi connectivity index (χ4v) is 4.72. The molecule has 0 radical (unpaired) electrons. The van der Waals surface area contributed by atoms with Crippen molar-refractivity contribution in [3.63, 3.8) is 0 Å². The van der Waals surface area contributed by atoms with E-state index in [0.29, 0.717) is 43.2 Å². The summed E-state index contributed by atoms with van der Waals surface area (Å²) in [5.41, 5.74) is 0.355. The maximum atomic E-state index is 13.6. The quantitative estimate of drug-likeness (QED) is 0.576. The summed E-state index contributed by atoms with van der Waals surface area (Å²) in [4.78, 5) is 52.0. The van der Waals surface area contributed by atoms with Crippen molar-refractivity contribution >= 4 is 23.6 Å². The van der Waals surface area contributed by atoms with E-state index in [1.807, 2.05) is 0 Å². The minimum atomic E-state index is -0.910. The molecule has 1 aliphatic carbocycles. The maximum absolute atomic E-state index is 13.6. The highest BCUT2D eigenvalue weighted by atomic mass is 19.1. The molecule has 0 aromatic heterocycles. The van der Waals surface area contributed by atoms with E-state index in [4.69, 9.17) is 0 Å². The van der Waals surface area contributed by atoms with Crippen molar-refractivity contribution in [2.75, 3.05) is 13.1 Å². The lowest BCUT2D eigenvalue weighted by atomic mass is 9.76. The van der Waals surface area contributed by atoms with Crippen molar-refractivity contribution in [1.29, 1.82) is 0 Å². The summed E-state index contributed by atoms with van der Waals surface area (Å²) in [6.45, 7) is 0.534. The van der Waals surface area contributed by atoms with Crippen LogP contribution in [0.25, 0.3) is 0 Å². The van der Waals surface area contributed by atoms with Gasteiger partial charge in [-0.05, 0) is 49.7 Å². The predicted octanol–water partition coefficient (Wildman–Crippen LogP) is 2.72. The van der Waals surface area contributed by atoms with E-state index in [1.165, 1.54) is 9.80 Å². The fourth-order valence-electron chi connectivity index (χ4n) is 4.72. The summed E-state index contributed by atoms with van der Waals surface area (Å²) in [6, 6.07) is 6.73. The summed E-state index contributed by atoms with van der Waals surface area (Å²) in [7, 11) is 0. The Bertz CT molecular complexity index is 800. The van der Waals surface area contributed by atoms with Gasteiger partial charge < -0.3 is 0 Å². The van der Waals surface area contributed by atoms with Gasteiger partial charge in [-0.2, -0.15) is 0 Å². The molecule has 2 aliphatic heterocycles. The number of hydrogen-bond acceptors (Lipinski definition) is 4. The standard InChI is InChI=1S/C21H23FN2O4/c22-14-7-8-21(11-14)12-17(25)23(18(26)13-21)9-3-4-10-24-19(27)15-5-1-2-6-16(15)20(24)28/h1-2,5-6,14H,3-4,7-13H2. The highest BCUT2D eigenvalue weighted by Gasteiger charge is 2.47. The van der Waals surface area contributed by atoms with Crippen LogP contribution in [0.2, 0.25) is 0 Å². The fraction of sp³-hybridized carbons (Fsp3) is 0.524. The van der Waals surface area contributed by atoms with Gasteiger partial charge in [0.2, 0.25) is 11.8 Å². The third-order valence-electron chi connectivity index (χ3n) is 6.19. The smallest absolute Gasteiger partial charge is 0.261 e. The lowest BCUT2D eigenvalue weighted by molar-refractivity contribution is -0.153. The first kappa shape index (κ1) is 18.8. The van der Waals surface area contributed by atoms with Gasteiger partial charge in [-0.3, -0.25) is 29.0 Å². The summed E-state index contributed by atoms with van der Waals surface area (Å²) in [6.07, 6.45) is 1.92. The third-order valence-corrected chi connectivity index (χ3v) is 6.19. The van der Waals surface area contributed by atoms with Gasteiger partial charge in [0, 0.05) is 25.9 Å². The van der Waals surface area contributed by atoms with E-state index in [0.717, 1.165) is 0 Å². The second-order valence-electron chi connectivity index (χ2n) is 8.15. The van der Waals surface area contributed by atoms with E-state index >= 15 is 0 Å². The summed E-state index contributed by atoms with van der Waals surface area (Å²) >= 11 is 0. The van der Waals surface area contributed by atoms with Crippen LogP contribution >= 0.6 is 0 Å². The molecule has 0 N–H and O–H groups in total. The Labute approximate surface area is 162 Å². The van der Waals surface area contributed by atoms with Crippen LogP contribution in [0.5, 0.6) is 0 Å². The van der Waals surface area contributed by atoms with Crippen molar-refractivity contribution in [3.05, 3.63) is 35.4 Å². The zero-order chi connectivity index (χ0) is 19.9. The van der Waals surface area contributed by atoms with Crippen LogP contribution < -0.4 is 0 Å². The molecule has 1 spiro atoms. The topological polar surface area (TPSA) is 74.8 Å². The number of alkyl halides is 1. The van der Waals surface area contributed by atoms with Crippen LogP contribution in [-0.2, 0) is 9.59 Å². The van der Waals surface area contributed by atoms with Crippen LogP contribution in [0.15, 0.2) is 24.3 Å². The van der Waals surface area contributed by atoms with Gasteiger partial charge in [0.15, 0.2) is 0 Å². The van der Waals surface area contributed by atoms with Crippen molar-refractivity contribution in [3.8, 4) is 0 Å². The summed E-state index contributed by atoms with van der Waals surface area (Å²) < 4.78 is 13.6. The molecular formula is C21H23FN2O4. The molecule has 1 aromatic rings. The SMILES string of the molecule is O=C1CC2(CCC(F)C2)CC(=O)N1CCCCN1C(=O)c2ccccc2C1=O. The second kappa shape index (κ2) is 7.11. The van der Waals surface area contributed by atoms with E-state index in [1.54, 1.807) is 24.3 Å². The van der Waals surface area contributed by atoms with Gasteiger partial charge in [0.05, 0.1) is 11.1 Å². The molecule has 2 heterocycles. The lowest BCUT2D eigenvalue weighted by Crippen LogP contribution is -2.47. The first-order valence-electron chi connectivity index (χ1n) is 9.83. The Balaban J connectivity index is 1.28. The van der Waals surface area contributed by atoms with Crippen molar-refractivity contribution in [2.45, 2.75) is 51.1 Å². The molecule has 1 saturated heterocycles. The number of likely N-dealkylation sites (tertiary alicyclic amines) is 1. The number of nitrogens with zero attached hydrogens (tertiary/aromatic N) is 2. The number of carbonyl (C=O) groups excluding carboxylic acids is 4. The van der Waals surface area contributed by atoms with E-state index in [9.17, 15) is 23.6 Å². The van der Waals surface area contributed by atoms with Gasteiger partial charge in [0.25, 0.3) is 11.8 Å². The number of carbonyl (C=O) groups is 4. The number of hydrogen-bond donors (Lipinski definition) is 0. The molecular weight excluding hydrogens is 363 g/mol. The zero-order valence-corrected chi connectivity index (χ0v) is 15.7. The molecule has 2 fully saturated rings. The molecule has 4 amide bonds. The number of amides is 4. The van der Waals surface area contributed by atoms with Gasteiger partial charge in [-0.25, -0.2) is 4.39 Å². The molecule has 1 saturated carbocycles. The third kappa shape index (κ3) is 3.23. The Kier molecular flexibility index (Phi) is 4.77. The first-order valence-corrected chi connectivity index (χ1v) is 9.83. The normalized spacial score (nSPS) is 23.8. The Morgan fingerprint density at radius 2 is 1.43 bits per heavy atom. The van der Waals surface area contributed by atoms with Gasteiger partial charge in [-0.1, -0.05) is 12.1 Å². The van der Waals surface area contributed by atoms with Crippen LogP contribution in [0, 0.1) is 5.41 Å². The van der Waals surface area contributed by atoms with Gasteiger partial charge >= 0.3 is 0 Å². The molecule has 7 heteroatoms. The summed E-state index contributed by atoms with van der Waals surface area (Å²) in [5.74, 6) is -1.05. The minimum absolute atomic E-state index is 0.230. The van der Waals surface area contributed by atoms with Gasteiger partial charge in [0.1, 0.15) is 6.17 Å². The molecule has 28 heavy (non-hydrogen) atoms. The number of benzene rings is 1. The lowest BCUT2D eigenvalue weighted by Gasteiger charge is -2.37. The van der Waals surface area contributed by atoms with Crippen molar-refractivity contribution in [2.24, 2.45) is 5.41 Å². The van der Waals surface area contributed by atoms with Crippen molar-refractivity contribution < 1.29 is 23.6 Å². The number of rotatable bonds is 5. The number of halogens is 1. The maximum Gasteiger partial charge on any atom is 0.261 e. The van der Waals surface area contributed by atoms with Crippen LogP contribution in [0.3, 0.4) is 0 Å². The van der Waals surface area contributed by atoms with Crippen molar-refractivity contribution in [1.82, 2.24) is 9.80 Å². The monoisotopic (exact) mass is 386 g/mol. The number of fused-ring (bicyclic) bond motifs is 1. The highest BCUT2D eigenvalue weighted by molar-refractivity contribution is 6.21. The van der Waals surface area contributed by atoms with Crippen LogP contribution in [0.1, 0.15) is 65.7 Å². The molecule has 6 nitrogen and oxygen atoms in total. The predicted molar refractivity (Wildman–Crippen MR) is 98.2 cm³/mol. The average Bonchev–Trinajstić information content (AvgIpc) is 3.12. The number of unbranched alkanes of at least 4 members (excludes halogenated alkanes) is 1. The molecule has 0 bridgehead atoms. The van der Waals surface area contributed by atoms with Crippen LogP contribution in [0.4, 0.5) is 4.39 Å². The number of piperidine rings is 1. The number of imide groups is 2. The molecule has 148 valence electrons. The summed E-state index contributed by atoms with van der Waals surface area (Å²) in [5, 5.41) is 0. The Hall–Kier alpha value is -2.57. The average molecular weight is 386 g/mol. The second-order valence-corrected chi connectivity index (χ2v) is 8.15. The molecule has 4 rings (SSSR count). The molecule has 3 aliphatic rings. The van der Waals surface area contributed by atoms with E-state index < -0.39 is 11.6 Å². The molecule has 1 atom stereocenters. The Morgan fingerprint density at radius 1 is 0.893 bits per heavy atom. The van der Waals surface area contributed by atoms with E-state index in [-0.39, 0.29) is 49.6 Å². The van der Waals surface area contributed by atoms with E-state index in [2.05, 4.69) is 0 Å². The molecule has 1 unspecified atom stereocenters. The largest absolute Gasteiger partial charge is 0.283 e. The minimum Gasteiger partial charge on any atom is -0.283 e.